The summed E-state index contributed by atoms with van der Waals surface area (Å²) >= 11 is 0. The van der Waals surface area contributed by atoms with E-state index in [0.29, 0.717) is 32.2 Å². The van der Waals surface area contributed by atoms with Gasteiger partial charge in [0.1, 0.15) is 5.69 Å². The van der Waals surface area contributed by atoms with Crippen LogP contribution in [0.5, 0.6) is 5.88 Å². The molecule has 0 spiro atoms. The molecule has 2 heterocycles. The lowest BCUT2D eigenvalue weighted by Gasteiger charge is -2.26. The highest BCUT2D eigenvalue weighted by Gasteiger charge is 2.19. The minimum Gasteiger partial charge on any atom is -0.466 e. The molecule has 6 nitrogen and oxygen atoms in total. The Kier molecular flexibility index (Phi) is 5.21. The second-order valence-electron chi connectivity index (χ2n) is 7.00. The molecule has 1 aromatic heterocycles. The molecule has 1 saturated heterocycles. The molecule has 0 atom stereocenters. The third-order valence-electron chi connectivity index (χ3n) is 5.00. The summed E-state index contributed by atoms with van der Waals surface area (Å²) in [6, 6.07) is 14.2. The lowest BCUT2D eigenvalue weighted by molar-refractivity contribution is -0.137. The molecular weight excluding hydrogens is 354 g/mol. The fourth-order valence-electron chi connectivity index (χ4n) is 3.41. The quantitative estimate of drug-likeness (QED) is 0.699. The van der Waals surface area contributed by atoms with E-state index in [-0.39, 0.29) is 12.5 Å². The average Bonchev–Trinajstić information content (AvgIpc) is 2.74. The van der Waals surface area contributed by atoms with E-state index < -0.39 is 0 Å². The molecule has 28 heavy (non-hydrogen) atoms. The van der Waals surface area contributed by atoms with Gasteiger partial charge in [0.05, 0.1) is 13.2 Å². The molecule has 0 bridgehead atoms. The van der Waals surface area contributed by atoms with Crippen molar-refractivity contribution >= 4 is 16.7 Å². The minimum absolute atomic E-state index is 0.0541. The summed E-state index contributed by atoms with van der Waals surface area (Å²) in [6.07, 6.45) is 0. The highest BCUT2D eigenvalue weighted by Crippen LogP contribution is 2.32. The first-order valence-electron chi connectivity index (χ1n) is 9.45. The van der Waals surface area contributed by atoms with Crippen LogP contribution in [-0.2, 0) is 9.53 Å². The summed E-state index contributed by atoms with van der Waals surface area (Å²) in [5.74, 6) is 0.319. The van der Waals surface area contributed by atoms with Crippen LogP contribution in [0.3, 0.4) is 0 Å². The fourth-order valence-corrected chi connectivity index (χ4v) is 3.41. The molecule has 0 N–H and O–H groups in total. The molecule has 0 radical (unpaired) electrons. The molecule has 4 rings (SSSR count). The molecule has 3 aromatic rings. The van der Waals surface area contributed by atoms with Crippen LogP contribution < -0.4 is 4.74 Å². The van der Waals surface area contributed by atoms with Crippen molar-refractivity contribution in [2.45, 2.75) is 13.8 Å². The number of hydrogen-bond acceptors (Lipinski definition) is 5. The number of hydrogen-bond donors (Lipinski definition) is 0. The number of morpholine rings is 1. The molecule has 0 saturated carbocycles. The van der Waals surface area contributed by atoms with Crippen molar-refractivity contribution in [3.05, 3.63) is 53.6 Å². The normalized spacial score (nSPS) is 14.3. The Bertz CT molecular complexity index is 1010. The summed E-state index contributed by atoms with van der Waals surface area (Å²) in [6.45, 7) is 6.41. The van der Waals surface area contributed by atoms with Gasteiger partial charge < -0.3 is 14.4 Å². The molecular formula is C22H23N3O3. The number of amides is 1. The van der Waals surface area contributed by atoms with Gasteiger partial charge in [-0.1, -0.05) is 35.9 Å². The van der Waals surface area contributed by atoms with E-state index in [0.717, 1.165) is 27.6 Å². The van der Waals surface area contributed by atoms with Gasteiger partial charge in [0.2, 0.25) is 5.88 Å². The highest BCUT2D eigenvalue weighted by molar-refractivity contribution is 5.97. The molecule has 2 aromatic carbocycles. The molecule has 144 valence electrons. The highest BCUT2D eigenvalue weighted by atomic mass is 16.5. The predicted octanol–water partition coefficient (Wildman–Crippen LogP) is 3.15. The Morgan fingerprint density at radius 3 is 2.61 bits per heavy atom. The van der Waals surface area contributed by atoms with Crippen molar-refractivity contribution in [3.8, 4) is 17.1 Å². The zero-order chi connectivity index (χ0) is 19.5. The molecule has 6 heteroatoms. The third kappa shape index (κ3) is 3.68. The number of nitrogens with zero attached hydrogens (tertiary/aromatic N) is 3. The van der Waals surface area contributed by atoms with Crippen LogP contribution >= 0.6 is 0 Å². The Morgan fingerprint density at radius 2 is 1.82 bits per heavy atom. The monoisotopic (exact) mass is 377 g/mol. The van der Waals surface area contributed by atoms with Crippen molar-refractivity contribution in [2.24, 2.45) is 0 Å². The summed E-state index contributed by atoms with van der Waals surface area (Å²) in [7, 11) is 0. The smallest absolute Gasteiger partial charge is 0.260 e. The van der Waals surface area contributed by atoms with Gasteiger partial charge in [0.15, 0.2) is 6.61 Å². The van der Waals surface area contributed by atoms with Crippen LogP contribution in [0.15, 0.2) is 42.5 Å². The van der Waals surface area contributed by atoms with E-state index in [4.69, 9.17) is 9.47 Å². The lowest BCUT2D eigenvalue weighted by Crippen LogP contribution is -2.43. The Hall–Kier alpha value is -2.99. The standard InChI is InChI=1S/C22H23N3O3/c1-15-7-8-16(2)19(13-15)21-17-5-3-4-6-18(17)22(24-23-21)28-14-20(26)25-9-11-27-12-10-25/h3-8,13H,9-12,14H2,1-2H3. The van der Waals surface area contributed by atoms with Crippen LogP contribution in [0.25, 0.3) is 22.0 Å². The second kappa shape index (κ2) is 7.94. The van der Waals surface area contributed by atoms with Gasteiger partial charge in [-0.05, 0) is 31.5 Å². The first-order valence-corrected chi connectivity index (χ1v) is 9.45. The Morgan fingerprint density at radius 1 is 1.07 bits per heavy atom. The van der Waals surface area contributed by atoms with Crippen LogP contribution in [0.2, 0.25) is 0 Å². The second-order valence-corrected chi connectivity index (χ2v) is 7.00. The summed E-state index contributed by atoms with van der Waals surface area (Å²) < 4.78 is 11.1. The van der Waals surface area contributed by atoms with Crippen molar-refractivity contribution < 1.29 is 14.3 Å². The maximum absolute atomic E-state index is 12.4. The maximum Gasteiger partial charge on any atom is 0.260 e. The number of fused-ring (bicyclic) bond motifs is 1. The van der Waals surface area contributed by atoms with E-state index in [1.807, 2.05) is 24.3 Å². The molecule has 1 aliphatic rings. The molecule has 0 aliphatic carbocycles. The number of carbonyl (C=O) groups excluding carboxylic acids is 1. The van der Waals surface area contributed by atoms with E-state index in [1.165, 1.54) is 5.56 Å². The number of benzene rings is 2. The number of carbonyl (C=O) groups is 1. The van der Waals surface area contributed by atoms with Crippen molar-refractivity contribution in [1.82, 2.24) is 15.1 Å². The first-order chi connectivity index (χ1) is 13.6. The van der Waals surface area contributed by atoms with E-state index in [2.05, 4.69) is 42.2 Å². The van der Waals surface area contributed by atoms with E-state index in [1.54, 1.807) is 4.90 Å². The predicted molar refractivity (Wildman–Crippen MR) is 107 cm³/mol. The van der Waals surface area contributed by atoms with Crippen LogP contribution in [0.4, 0.5) is 0 Å². The van der Waals surface area contributed by atoms with E-state index in [9.17, 15) is 4.79 Å². The van der Waals surface area contributed by atoms with Gasteiger partial charge in [-0.15, -0.1) is 10.2 Å². The average molecular weight is 377 g/mol. The van der Waals surface area contributed by atoms with Gasteiger partial charge in [-0.25, -0.2) is 0 Å². The molecule has 0 unspecified atom stereocenters. The molecule has 1 amide bonds. The number of rotatable bonds is 4. The number of aromatic nitrogens is 2. The number of aryl methyl sites for hydroxylation is 2. The van der Waals surface area contributed by atoms with Crippen molar-refractivity contribution in [3.63, 3.8) is 0 Å². The lowest BCUT2D eigenvalue weighted by atomic mass is 9.99. The van der Waals surface area contributed by atoms with E-state index >= 15 is 0 Å². The van der Waals surface area contributed by atoms with Gasteiger partial charge >= 0.3 is 0 Å². The van der Waals surface area contributed by atoms with Gasteiger partial charge in [0.25, 0.3) is 5.91 Å². The van der Waals surface area contributed by atoms with Crippen molar-refractivity contribution in [2.75, 3.05) is 32.9 Å². The minimum atomic E-state index is -0.0622. The van der Waals surface area contributed by atoms with Crippen LogP contribution in [0, 0.1) is 13.8 Å². The zero-order valence-electron chi connectivity index (χ0n) is 16.1. The number of ether oxygens (including phenoxy) is 2. The van der Waals surface area contributed by atoms with Gasteiger partial charge in [0, 0.05) is 29.4 Å². The fraction of sp³-hybridized carbons (Fsp3) is 0.318. The van der Waals surface area contributed by atoms with Crippen LogP contribution in [-0.4, -0.2) is 53.9 Å². The third-order valence-corrected chi connectivity index (χ3v) is 5.00. The topological polar surface area (TPSA) is 64.6 Å². The van der Waals surface area contributed by atoms with Crippen LogP contribution in [0.1, 0.15) is 11.1 Å². The molecule has 1 aliphatic heterocycles. The van der Waals surface area contributed by atoms with Gasteiger partial charge in [-0.2, -0.15) is 0 Å². The summed E-state index contributed by atoms with van der Waals surface area (Å²) in [5.41, 5.74) is 4.19. The Balaban J connectivity index is 1.64. The maximum atomic E-state index is 12.4. The summed E-state index contributed by atoms with van der Waals surface area (Å²) in [4.78, 5) is 14.1. The first kappa shape index (κ1) is 18.4. The van der Waals surface area contributed by atoms with Crippen molar-refractivity contribution in [1.29, 1.82) is 0 Å². The SMILES string of the molecule is Cc1ccc(C)c(-c2nnc(OCC(=O)N3CCOCC3)c3ccccc23)c1. The summed E-state index contributed by atoms with van der Waals surface area (Å²) in [5, 5.41) is 10.6. The largest absolute Gasteiger partial charge is 0.466 e. The Labute approximate surface area is 164 Å². The molecule has 1 fully saturated rings. The zero-order valence-corrected chi connectivity index (χ0v) is 16.1. The van der Waals surface area contributed by atoms with Gasteiger partial charge in [-0.3, -0.25) is 4.79 Å².